The van der Waals surface area contributed by atoms with Crippen molar-refractivity contribution in [1.82, 2.24) is 9.97 Å². The van der Waals surface area contributed by atoms with E-state index in [0.29, 0.717) is 30.5 Å². The topological polar surface area (TPSA) is 66.6 Å². The summed E-state index contributed by atoms with van der Waals surface area (Å²) in [4.78, 5) is 19.8. The summed E-state index contributed by atoms with van der Waals surface area (Å²) in [7, 11) is 0. The van der Waals surface area contributed by atoms with E-state index >= 15 is 0 Å². The lowest BCUT2D eigenvalue weighted by atomic mass is 9.67. The van der Waals surface area contributed by atoms with Crippen molar-refractivity contribution in [3.63, 3.8) is 0 Å². The van der Waals surface area contributed by atoms with Gasteiger partial charge in [0.15, 0.2) is 5.78 Å². The molecule has 0 saturated carbocycles. The van der Waals surface area contributed by atoms with Crippen LogP contribution in [0, 0.1) is 22.7 Å². The van der Waals surface area contributed by atoms with Crippen LogP contribution in [0.5, 0.6) is 0 Å². The lowest BCUT2D eigenvalue weighted by molar-refractivity contribution is -0.145. The molecule has 1 aliphatic carbocycles. The minimum absolute atomic E-state index is 0.108. The molecule has 0 fully saturated rings. The zero-order valence-electron chi connectivity index (χ0n) is 14.4. The highest BCUT2D eigenvalue weighted by Gasteiger charge is 2.41. The van der Waals surface area contributed by atoms with Gasteiger partial charge in [-0.3, -0.25) is 4.79 Å². The fourth-order valence-corrected chi connectivity index (χ4v) is 3.17. The lowest BCUT2D eigenvalue weighted by Crippen LogP contribution is -2.37. The molecule has 4 nitrogen and oxygen atoms in total. The second kappa shape index (κ2) is 6.95. The number of hydrogen-bond donors (Lipinski definition) is 0. The van der Waals surface area contributed by atoms with Crippen LogP contribution in [0.3, 0.4) is 0 Å². The van der Waals surface area contributed by atoms with Gasteiger partial charge in [0.2, 0.25) is 5.82 Å². The highest BCUT2D eigenvalue weighted by atomic mass is 19.4. The first kappa shape index (κ1) is 19.1. The van der Waals surface area contributed by atoms with Crippen molar-refractivity contribution in [2.45, 2.75) is 52.6 Å². The van der Waals surface area contributed by atoms with Gasteiger partial charge in [-0.1, -0.05) is 26.8 Å². The molecule has 1 aliphatic rings. The number of ketones is 1. The summed E-state index contributed by atoms with van der Waals surface area (Å²) in [5.41, 5.74) is 0.295. The van der Waals surface area contributed by atoms with Crippen molar-refractivity contribution < 1.29 is 18.0 Å². The van der Waals surface area contributed by atoms with Gasteiger partial charge in [0.1, 0.15) is 6.07 Å². The molecule has 0 bridgehead atoms. The molecule has 0 radical (unpaired) electrons. The SMILES string of the molecule is CC/C=C(/C#N)C(=O)C(C)(C)[C@@H]1CCc2cnc(C(F)(F)F)nc2C1. The standard InChI is InChI=1S/C18H20F3N3O/c1-4-5-11(9-22)15(25)17(2,3)13-7-6-12-10-23-16(18(19,20)21)24-14(12)8-13/h5,10,13H,4,6-8H2,1-3H3/b11-5-/t13-/m1/s1. The molecule has 0 N–H and O–H groups in total. The molecule has 134 valence electrons. The smallest absolute Gasteiger partial charge is 0.293 e. The number of Topliss-reactive ketones (excluding diaryl/α,β-unsaturated/α-hetero) is 1. The number of rotatable bonds is 4. The molecule has 7 heteroatoms. The Morgan fingerprint density at radius 1 is 1.44 bits per heavy atom. The number of aryl methyl sites for hydroxylation is 1. The van der Waals surface area contributed by atoms with Crippen LogP contribution in [0.25, 0.3) is 0 Å². The van der Waals surface area contributed by atoms with Gasteiger partial charge in [-0.05, 0) is 37.2 Å². The van der Waals surface area contributed by atoms with Crippen LogP contribution in [-0.2, 0) is 23.8 Å². The average Bonchev–Trinajstić information content (AvgIpc) is 2.57. The minimum Gasteiger partial charge on any atom is -0.293 e. The molecule has 1 aromatic rings. The first-order chi connectivity index (χ1) is 11.6. The zero-order valence-corrected chi connectivity index (χ0v) is 14.4. The van der Waals surface area contributed by atoms with Gasteiger partial charge >= 0.3 is 6.18 Å². The monoisotopic (exact) mass is 351 g/mol. The number of alkyl halides is 3. The number of nitrogens with zero attached hydrogens (tertiary/aromatic N) is 3. The molecule has 1 aromatic heterocycles. The van der Waals surface area contributed by atoms with Gasteiger partial charge in [-0.2, -0.15) is 18.4 Å². The van der Waals surface area contributed by atoms with E-state index < -0.39 is 17.4 Å². The first-order valence-corrected chi connectivity index (χ1v) is 8.18. The molecule has 0 spiro atoms. The molecule has 0 aliphatic heterocycles. The number of carbonyl (C=O) groups excluding carboxylic acids is 1. The molecule has 1 heterocycles. The highest BCUT2D eigenvalue weighted by molar-refractivity contribution is 6.02. The van der Waals surface area contributed by atoms with Gasteiger partial charge in [-0.25, -0.2) is 9.97 Å². The fraction of sp³-hybridized carbons (Fsp3) is 0.556. The minimum atomic E-state index is -4.59. The molecule has 0 saturated heterocycles. The number of allylic oxidation sites excluding steroid dienone is 2. The van der Waals surface area contributed by atoms with E-state index in [-0.39, 0.29) is 23.7 Å². The zero-order chi connectivity index (χ0) is 18.8. The summed E-state index contributed by atoms with van der Waals surface area (Å²) in [5.74, 6) is -1.60. The molecule has 0 aromatic carbocycles. The van der Waals surface area contributed by atoms with Gasteiger partial charge in [0, 0.05) is 17.3 Å². The maximum absolute atomic E-state index is 12.8. The van der Waals surface area contributed by atoms with Crippen LogP contribution in [0.1, 0.15) is 50.7 Å². The van der Waals surface area contributed by atoms with Crippen molar-refractivity contribution in [3.05, 3.63) is 34.9 Å². The summed E-state index contributed by atoms with van der Waals surface area (Å²) in [6.45, 7) is 5.33. The summed E-state index contributed by atoms with van der Waals surface area (Å²) in [6.07, 6.45) is 0.230. The number of halogens is 3. The van der Waals surface area contributed by atoms with Crippen molar-refractivity contribution in [1.29, 1.82) is 5.26 Å². The van der Waals surface area contributed by atoms with Crippen molar-refractivity contribution >= 4 is 5.78 Å². The predicted octanol–water partition coefficient (Wildman–Crippen LogP) is 4.06. The first-order valence-electron chi connectivity index (χ1n) is 8.18. The molecular formula is C18H20F3N3O. The van der Waals surface area contributed by atoms with Crippen LogP contribution in [-0.4, -0.2) is 15.8 Å². The number of carbonyl (C=O) groups is 1. The number of fused-ring (bicyclic) bond motifs is 1. The molecule has 0 amide bonds. The molecule has 2 rings (SSSR count). The summed E-state index contributed by atoms with van der Waals surface area (Å²) in [5, 5.41) is 9.19. The van der Waals surface area contributed by atoms with Gasteiger partial charge in [-0.15, -0.1) is 0 Å². The Labute approximate surface area is 144 Å². The summed E-state index contributed by atoms with van der Waals surface area (Å²) < 4.78 is 38.5. The quantitative estimate of drug-likeness (QED) is 0.606. The largest absolute Gasteiger partial charge is 0.451 e. The maximum Gasteiger partial charge on any atom is 0.451 e. The Bertz CT molecular complexity index is 745. The van der Waals surface area contributed by atoms with E-state index in [1.807, 2.05) is 13.0 Å². The summed E-state index contributed by atoms with van der Waals surface area (Å²) in [6, 6.07) is 1.93. The third-order valence-corrected chi connectivity index (χ3v) is 4.79. The normalized spacial score (nSPS) is 18.4. The fourth-order valence-electron chi connectivity index (χ4n) is 3.17. The van der Waals surface area contributed by atoms with Crippen molar-refractivity contribution in [2.24, 2.45) is 11.3 Å². The van der Waals surface area contributed by atoms with E-state index in [1.165, 1.54) is 6.20 Å². The van der Waals surface area contributed by atoms with Crippen LogP contribution >= 0.6 is 0 Å². The Morgan fingerprint density at radius 3 is 2.68 bits per heavy atom. The predicted molar refractivity (Wildman–Crippen MR) is 85.3 cm³/mol. The van der Waals surface area contributed by atoms with Crippen LogP contribution in [0.15, 0.2) is 17.8 Å². The lowest BCUT2D eigenvalue weighted by Gasteiger charge is -2.36. The second-order valence-corrected chi connectivity index (χ2v) is 6.79. The van der Waals surface area contributed by atoms with Crippen LogP contribution < -0.4 is 0 Å². The van der Waals surface area contributed by atoms with Crippen LogP contribution in [0.2, 0.25) is 0 Å². The van der Waals surface area contributed by atoms with Crippen LogP contribution in [0.4, 0.5) is 13.2 Å². The molecule has 0 unspecified atom stereocenters. The van der Waals surface area contributed by atoms with E-state index in [4.69, 9.17) is 0 Å². The maximum atomic E-state index is 12.8. The number of nitriles is 1. The number of aromatic nitrogens is 2. The Hall–Kier alpha value is -2.23. The Kier molecular flexibility index (Phi) is 5.31. The number of hydrogen-bond acceptors (Lipinski definition) is 4. The highest BCUT2D eigenvalue weighted by Crippen LogP contribution is 2.40. The second-order valence-electron chi connectivity index (χ2n) is 6.79. The third-order valence-electron chi connectivity index (χ3n) is 4.79. The molecule has 1 atom stereocenters. The summed E-state index contributed by atoms with van der Waals surface area (Å²) >= 11 is 0. The van der Waals surface area contributed by atoms with Crippen molar-refractivity contribution in [3.8, 4) is 6.07 Å². The average molecular weight is 351 g/mol. The van der Waals surface area contributed by atoms with Gasteiger partial charge < -0.3 is 0 Å². The Morgan fingerprint density at radius 2 is 2.12 bits per heavy atom. The Balaban J connectivity index is 2.31. The van der Waals surface area contributed by atoms with E-state index in [1.54, 1.807) is 19.9 Å². The van der Waals surface area contributed by atoms with E-state index in [2.05, 4.69) is 9.97 Å². The van der Waals surface area contributed by atoms with Gasteiger partial charge in [0.25, 0.3) is 0 Å². The molecular weight excluding hydrogens is 331 g/mol. The molecule has 25 heavy (non-hydrogen) atoms. The van der Waals surface area contributed by atoms with E-state index in [9.17, 15) is 23.2 Å². The van der Waals surface area contributed by atoms with Gasteiger partial charge in [0.05, 0.1) is 5.57 Å². The third kappa shape index (κ3) is 3.89. The van der Waals surface area contributed by atoms with E-state index in [0.717, 1.165) is 0 Å². The van der Waals surface area contributed by atoms with Crippen molar-refractivity contribution in [2.75, 3.05) is 0 Å².